The lowest BCUT2D eigenvalue weighted by atomic mass is 9.97. The van der Waals surface area contributed by atoms with E-state index in [1.54, 1.807) is 13.3 Å². The summed E-state index contributed by atoms with van der Waals surface area (Å²) in [7, 11) is 3.71. The molecule has 0 radical (unpaired) electrons. The van der Waals surface area contributed by atoms with Crippen molar-refractivity contribution in [3.05, 3.63) is 17.2 Å². The van der Waals surface area contributed by atoms with Gasteiger partial charge in [-0.25, -0.2) is 4.98 Å². The largest absolute Gasteiger partial charge is 0.383 e. The van der Waals surface area contributed by atoms with E-state index in [0.29, 0.717) is 5.15 Å². The number of hydrogen-bond acceptors (Lipinski definition) is 4. The molecule has 2 rings (SSSR count). The molecule has 0 bridgehead atoms. The van der Waals surface area contributed by atoms with Crippen LogP contribution in [0.25, 0.3) is 0 Å². The SMILES string of the molecule is COCCNCC1CCN(Cc2ncc(Cl)n2C)CC1. The Morgan fingerprint density at radius 3 is 2.80 bits per heavy atom. The lowest BCUT2D eigenvalue weighted by molar-refractivity contribution is 0.164. The third-order valence-corrected chi connectivity index (χ3v) is 4.37. The van der Waals surface area contributed by atoms with Crippen LogP contribution in [0.1, 0.15) is 18.7 Å². The molecule has 1 N–H and O–H groups in total. The number of ether oxygens (including phenoxy) is 1. The van der Waals surface area contributed by atoms with Gasteiger partial charge in [-0.2, -0.15) is 0 Å². The van der Waals surface area contributed by atoms with E-state index in [0.717, 1.165) is 51.1 Å². The fraction of sp³-hybridized carbons (Fsp3) is 0.786. The molecule has 20 heavy (non-hydrogen) atoms. The van der Waals surface area contributed by atoms with Crippen molar-refractivity contribution in [2.24, 2.45) is 13.0 Å². The van der Waals surface area contributed by atoms with Crippen LogP contribution in [-0.4, -0.2) is 54.3 Å². The molecule has 0 aromatic carbocycles. The molecule has 1 aromatic heterocycles. The summed E-state index contributed by atoms with van der Waals surface area (Å²) in [4.78, 5) is 6.82. The van der Waals surface area contributed by atoms with Gasteiger partial charge in [-0.05, 0) is 38.4 Å². The molecule has 0 spiro atoms. The molecular weight excluding hydrogens is 276 g/mol. The molecule has 1 aliphatic heterocycles. The van der Waals surface area contributed by atoms with Crippen LogP contribution in [0.3, 0.4) is 0 Å². The second-order valence-electron chi connectivity index (χ2n) is 5.47. The zero-order chi connectivity index (χ0) is 14.4. The highest BCUT2D eigenvalue weighted by Crippen LogP contribution is 2.19. The van der Waals surface area contributed by atoms with Crippen molar-refractivity contribution in [3.8, 4) is 0 Å². The van der Waals surface area contributed by atoms with Gasteiger partial charge in [0.15, 0.2) is 0 Å². The molecule has 2 heterocycles. The number of likely N-dealkylation sites (tertiary alicyclic amines) is 1. The van der Waals surface area contributed by atoms with E-state index in [-0.39, 0.29) is 0 Å². The molecule has 1 fully saturated rings. The van der Waals surface area contributed by atoms with Crippen molar-refractivity contribution in [2.75, 3.05) is 39.9 Å². The maximum Gasteiger partial charge on any atom is 0.128 e. The normalized spacial score (nSPS) is 17.8. The van der Waals surface area contributed by atoms with E-state index in [1.165, 1.54) is 12.8 Å². The monoisotopic (exact) mass is 300 g/mol. The summed E-state index contributed by atoms with van der Waals surface area (Å²) in [6.07, 6.45) is 4.22. The van der Waals surface area contributed by atoms with Gasteiger partial charge in [0.2, 0.25) is 0 Å². The Hall–Kier alpha value is -0.620. The van der Waals surface area contributed by atoms with E-state index in [2.05, 4.69) is 15.2 Å². The van der Waals surface area contributed by atoms with Crippen LogP contribution >= 0.6 is 11.6 Å². The highest BCUT2D eigenvalue weighted by Gasteiger charge is 2.20. The first-order valence-electron chi connectivity index (χ1n) is 7.28. The van der Waals surface area contributed by atoms with Crippen LogP contribution in [0, 0.1) is 5.92 Å². The van der Waals surface area contributed by atoms with Crippen LogP contribution in [0.5, 0.6) is 0 Å². The van der Waals surface area contributed by atoms with Crippen molar-refractivity contribution in [2.45, 2.75) is 19.4 Å². The zero-order valence-corrected chi connectivity index (χ0v) is 13.2. The van der Waals surface area contributed by atoms with Crippen molar-refractivity contribution in [1.29, 1.82) is 0 Å². The van der Waals surface area contributed by atoms with Gasteiger partial charge in [-0.15, -0.1) is 0 Å². The Morgan fingerprint density at radius 2 is 2.20 bits per heavy atom. The summed E-state index contributed by atoms with van der Waals surface area (Å²) in [5, 5.41) is 4.16. The van der Waals surface area contributed by atoms with E-state index in [1.807, 2.05) is 11.6 Å². The summed E-state index contributed by atoms with van der Waals surface area (Å²) < 4.78 is 7.00. The average molecular weight is 301 g/mol. The average Bonchev–Trinajstić information content (AvgIpc) is 2.77. The number of imidazole rings is 1. The third kappa shape index (κ3) is 4.45. The van der Waals surface area contributed by atoms with E-state index >= 15 is 0 Å². The smallest absolute Gasteiger partial charge is 0.128 e. The molecule has 6 heteroatoms. The lowest BCUT2D eigenvalue weighted by Crippen LogP contribution is -2.37. The van der Waals surface area contributed by atoms with Crippen molar-refractivity contribution < 1.29 is 4.74 Å². The van der Waals surface area contributed by atoms with Crippen LogP contribution in [-0.2, 0) is 18.3 Å². The highest BCUT2D eigenvalue weighted by molar-refractivity contribution is 6.29. The number of nitrogens with one attached hydrogen (secondary N) is 1. The Labute approximate surface area is 126 Å². The Morgan fingerprint density at radius 1 is 1.45 bits per heavy atom. The minimum absolute atomic E-state index is 0.706. The number of piperidine rings is 1. The van der Waals surface area contributed by atoms with Crippen LogP contribution in [0.2, 0.25) is 5.15 Å². The minimum atomic E-state index is 0.706. The summed E-state index contributed by atoms with van der Waals surface area (Å²) in [6, 6.07) is 0. The first kappa shape index (κ1) is 15.8. The molecule has 1 saturated heterocycles. The number of hydrogen-bond donors (Lipinski definition) is 1. The number of nitrogens with zero attached hydrogens (tertiary/aromatic N) is 3. The maximum atomic E-state index is 6.02. The van der Waals surface area contributed by atoms with Gasteiger partial charge in [0, 0.05) is 20.7 Å². The summed E-state index contributed by atoms with van der Waals surface area (Å²) in [6.45, 7) is 6.02. The fourth-order valence-corrected chi connectivity index (χ4v) is 2.75. The van der Waals surface area contributed by atoms with Crippen LogP contribution < -0.4 is 5.32 Å². The summed E-state index contributed by atoms with van der Waals surface area (Å²) in [5.41, 5.74) is 0. The Kier molecular flexibility index (Phi) is 6.29. The van der Waals surface area contributed by atoms with Gasteiger partial charge in [-0.1, -0.05) is 11.6 Å². The predicted octanol–water partition coefficient (Wildman–Crippen LogP) is 1.52. The number of methoxy groups -OCH3 is 1. The summed E-state index contributed by atoms with van der Waals surface area (Å²) >= 11 is 6.02. The molecule has 0 saturated carbocycles. The van der Waals surface area contributed by atoms with Gasteiger partial charge in [0.1, 0.15) is 11.0 Å². The van der Waals surface area contributed by atoms with Crippen LogP contribution in [0.4, 0.5) is 0 Å². The fourth-order valence-electron chi connectivity index (χ4n) is 2.60. The van der Waals surface area contributed by atoms with Gasteiger partial charge >= 0.3 is 0 Å². The topological polar surface area (TPSA) is 42.3 Å². The number of halogens is 1. The second kappa shape index (κ2) is 7.98. The Bertz CT molecular complexity index is 402. The van der Waals surface area contributed by atoms with E-state index < -0.39 is 0 Å². The molecular formula is C14H25ClN4O. The first-order chi connectivity index (χ1) is 9.70. The van der Waals surface area contributed by atoms with Gasteiger partial charge < -0.3 is 14.6 Å². The number of aromatic nitrogens is 2. The standard InChI is InChI=1S/C14H25ClN4O/c1-18-13(15)10-17-14(18)11-19-6-3-12(4-7-19)9-16-5-8-20-2/h10,12,16H,3-9,11H2,1-2H3. The van der Waals surface area contributed by atoms with Crippen LogP contribution in [0.15, 0.2) is 6.20 Å². The van der Waals surface area contributed by atoms with Crippen molar-refractivity contribution in [3.63, 3.8) is 0 Å². The lowest BCUT2D eigenvalue weighted by Gasteiger charge is -2.31. The molecule has 0 aliphatic carbocycles. The third-order valence-electron chi connectivity index (χ3n) is 4.02. The molecule has 114 valence electrons. The second-order valence-corrected chi connectivity index (χ2v) is 5.86. The minimum Gasteiger partial charge on any atom is -0.383 e. The van der Waals surface area contributed by atoms with Gasteiger partial charge in [-0.3, -0.25) is 4.90 Å². The van der Waals surface area contributed by atoms with Gasteiger partial charge in [0.05, 0.1) is 19.3 Å². The molecule has 5 nitrogen and oxygen atoms in total. The maximum absolute atomic E-state index is 6.02. The van der Waals surface area contributed by atoms with Crippen molar-refractivity contribution >= 4 is 11.6 Å². The van der Waals surface area contributed by atoms with Gasteiger partial charge in [0.25, 0.3) is 0 Å². The zero-order valence-electron chi connectivity index (χ0n) is 12.4. The molecule has 0 atom stereocenters. The number of rotatable bonds is 7. The highest BCUT2D eigenvalue weighted by atomic mass is 35.5. The molecule has 0 unspecified atom stereocenters. The Balaban J connectivity index is 1.68. The molecule has 1 aliphatic rings. The van der Waals surface area contributed by atoms with E-state index in [4.69, 9.17) is 16.3 Å². The molecule has 1 aromatic rings. The quantitative estimate of drug-likeness (QED) is 0.776. The summed E-state index contributed by atoms with van der Waals surface area (Å²) in [5.74, 6) is 1.83. The predicted molar refractivity (Wildman–Crippen MR) is 81.0 cm³/mol. The molecule has 0 amide bonds. The van der Waals surface area contributed by atoms with E-state index in [9.17, 15) is 0 Å². The van der Waals surface area contributed by atoms with Crippen molar-refractivity contribution in [1.82, 2.24) is 19.8 Å². The first-order valence-corrected chi connectivity index (χ1v) is 7.66.